The second kappa shape index (κ2) is 4.99. The Balaban J connectivity index is 1.96. The number of hydrogen-bond acceptors (Lipinski definition) is 5. The SMILES string of the molecule is O=[N+]([O-])c1ccc(-c2nnc3c4ccccc4c(Cl)nn23)cc1. The number of aromatic nitrogens is 4. The largest absolute Gasteiger partial charge is 0.269 e. The van der Waals surface area contributed by atoms with Crippen molar-refractivity contribution in [1.82, 2.24) is 19.8 Å². The van der Waals surface area contributed by atoms with Gasteiger partial charge < -0.3 is 0 Å². The predicted molar refractivity (Wildman–Crippen MR) is 85.4 cm³/mol. The molecule has 112 valence electrons. The van der Waals surface area contributed by atoms with Crippen LogP contribution < -0.4 is 0 Å². The first-order chi connectivity index (χ1) is 11.1. The Morgan fingerprint density at radius 2 is 1.70 bits per heavy atom. The van der Waals surface area contributed by atoms with Gasteiger partial charge >= 0.3 is 0 Å². The van der Waals surface area contributed by atoms with E-state index in [1.165, 1.54) is 12.1 Å². The summed E-state index contributed by atoms with van der Waals surface area (Å²) < 4.78 is 1.55. The van der Waals surface area contributed by atoms with Gasteiger partial charge in [0.05, 0.1) is 4.92 Å². The summed E-state index contributed by atoms with van der Waals surface area (Å²) >= 11 is 6.24. The maximum absolute atomic E-state index is 10.7. The van der Waals surface area contributed by atoms with Crippen LogP contribution in [0.4, 0.5) is 5.69 Å². The van der Waals surface area contributed by atoms with Gasteiger partial charge in [-0.15, -0.1) is 10.2 Å². The van der Waals surface area contributed by atoms with Gasteiger partial charge in [0.2, 0.25) is 0 Å². The van der Waals surface area contributed by atoms with Crippen molar-refractivity contribution in [2.24, 2.45) is 0 Å². The molecular weight excluding hydrogens is 318 g/mol. The lowest BCUT2D eigenvalue weighted by molar-refractivity contribution is -0.384. The van der Waals surface area contributed by atoms with Crippen molar-refractivity contribution in [3.8, 4) is 11.4 Å². The highest BCUT2D eigenvalue weighted by Crippen LogP contribution is 2.27. The Morgan fingerprint density at radius 3 is 2.39 bits per heavy atom. The normalized spacial score (nSPS) is 11.2. The van der Waals surface area contributed by atoms with Crippen LogP contribution in [-0.2, 0) is 0 Å². The van der Waals surface area contributed by atoms with E-state index in [1.54, 1.807) is 16.6 Å². The first kappa shape index (κ1) is 13.6. The quantitative estimate of drug-likeness (QED) is 0.416. The smallest absolute Gasteiger partial charge is 0.258 e. The van der Waals surface area contributed by atoms with Gasteiger partial charge in [0.1, 0.15) is 0 Å². The molecule has 2 aromatic carbocycles. The highest BCUT2D eigenvalue weighted by atomic mass is 35.5. The van der Waals surface area contributed by atoms with E-state index < -0.39 is 4.92 Å². The average molecular weight is 326 g/mol. The van der Waals surface area contributed by atoms with Crippen LogP contribution in [0.15, 0.2) is 48.5 Å². The standard InChI is InChI=1S/C15H8ClN5O2/c16-13-11-3-1-2-4-12(11)15-18-17-14(20(15)19-13)9-5-7-10(8-6-9)21(22)23/h1-8H. The van der Waals surface area contributed by atoms with Crippen molar-refractivity contribution in [3.63, 3.8) is 0 Å². The highest BCUT2D eigenvalue weighted by Gasteiger charge is 2.15. The fourth-order valence-electron chi connectivity index (χ4n) is 2.45. The number of rotatable bonds is 2. The molecule has 0 fully saturated rings. The van der Waals surface area contributed by atoms with Crippen LogP contribution in [0.25, 0.3) is 27.8 Å². The van der Waals surface area contributed by atoms with Crippen LogP contribution in [-0.4, -0.2) is 24.7 Å². The van der Waals surface area contributed by atoms with Crippen LogP contribution in [0.3, 0.4) is 0 Å². The van der Waals surface area contributed by atoms with Crippen molar-refractivity contribution in [2.75, 3.05) is 0 Å². The van der Waals surface area contributed by atoms with E-state index in [0.29, 0.717) is 22.2 Å². The molecular formula is C15H8ClN5O2. The second-order valence-electron chi connectivity index (χ2n) is 4.90. The van der Waals surface area contributed by atoms with Gasteiger partial charge in [-0.05, 0) is 12.1 Å². The molecule has 4 aromatic rings. The molecule has 7 nitrogen and oxygen atoms in total. The molecule has 0 spiro atoms. The van der Waals surface area contributed by atoms with Crippen LogP contribution in [0.5, 0.6) is 0 Å². The van der Waals surface area contributed by atoms with Gasteiger partial charge in [-0.3, -0.25) is 10.1 Å². The first-order valence-corrected chi connectivity index (χ1v) is 7.07. The van der Waals surface area contributed by atoms with Crippen molar-refractivity contribution in [2.45, 2.75) is 0 Å². The second-order valence-corrected chi connectivity index (χ2v) is 5.26. The minimum Gasteiger partial charge on any atom is -0.258 e. The summed E-state index contributed by atoms with van der Waals surface area (Å²) in [7, 11) is 0. The summed E-state index contributed by atoms with van der Waals surface area (Å²) in [6.45, 7) is 0. The molecule has 0 radical (unpaired) electrons. The van der Waals surface area contributed by atoms with Crippen LogP contribution in [0.2, 0.25) is 5.15 Å². The van der Waals surface area contributed by atoms with Gasteiger partial charge in [0.15, 0.2) is 16.6 Å². The van der Waals surface area contributed by atoms with E-state index in [4.69, 9.17) is 11.6 Å². The molecule has 0 aliphatic rings. The number of nitrogens with zero attached hydrogens (tertiary/aromatic N) is 5. The Morgan fingerprint density at radius 1 is 1.00 bits per heavy atom. The van der Waals surface area contributed by atoms with Crippen molar-refractivity contribution in [3.05, 3.63) is 63.8 Å². The zero-order valence-corrected chi connectivity index (χ0v) is 12.3. The van der Waals surface area contributed by atoms with Gasteiger partial charge in [-0.1, -0.05) is 35.9 Å². The zero-order chi connectivity index (χ0) is 16.0. The molecule has 4 rings (SSSR count). The molecule has 0 aliphatic heterocycles. The molecule has 0 bridgehead atoms. The molecule has 2 heterocycles. The third kappa shape index (κ3) is 2.09. The van der Waals surface area contributed by atoms with Gasteiger partial charge in [0, 0.05) is 28.5 Å². The lowest BCUT2D eigenvalue weighted by atomic mass is 10.2. The summed E-state index contributed by atoms with van der Waals surface area (Å²) in [5.74, 6) is 0.475. The minimum absolute atomic E-state index is 0.0130. The summed E-state index contributed by atoms with van der Waals surface area (Å²) in [4.78, 5) is 10.3. The number of halogens is 1. The molecule has 0 N–H and O–H groups in total. The zero-order valence-electron chi connectivity index (χ0n) is 11.5. The number of nitro groups is 1. The van der Waals surface area contributed by atoms with E-state index in [1.807, 2.05) is 24.3 Å². The maximum atomic E-state index is 10.7. The van der Waals surface area contributed by atoms with Crippen molar-refractivity contribution < 1.29 is 4.92 Å². The minimum atomic E-state index is -0.450. The third-order valence-corrected chi connectivity index (χ3v) is 3.83. The Kier molecular flexibility index (Phi) is 2.95. The van der Waals surface area contributed by atoms with Gasteiger partial charge in [-0.25, -0.2) is 0 Å². The first-order valence-electron chi connectivity index (χ1n) is 6.69. The van der Waals surface area contributed by atoms with E-state index >= 15 is 0 Å². The van der Waals surface area contributed by atoms with Crippen molar-refractivity contribution in [1.29, 1.82) is 0 Å². The number of benzene rings is 2. The number of hydrogen-bond donors (Lipinski definition) is 0. The summed E-state index contributed by atoms with van der Waals surface area (Å²) in [6, 6.07) is 13.6. The Bertz CT molecular complexity index is 1060. The molecule has 0 unspecified atom stereocenters. The van der Waals surface area contributed by atoms with Crippen LogP contribution in [0, 0.1) is 10.1 Å². The maximum Gasteiger partial charge on any atom is 0.269 e. The third-order valence-electron chi connectivity index (χ3n) is 3.56. The number of nitro benzene ring substituents is 1. The van der Waals surface area contributed by atoms with E-state index in [2.05, 4.69) is 15.3 Å². The number of fused-ring (bicyclic) bond motifs is 3. The lowest BCUT2D eigenvalue weighted by Crippen LogP contribution is -1.97. The Hall–Kier alpha value is -3.06. The average Bonchev–Trinajstić information content (AvgIpc) is 2.99. The lowest BCUT2D eigenvalue weighted by Gasteiger charge is -2.03. The molecule has 0 atom stereocenters. The van der Waals surface area contributed by atoms with Crippen molar-refractivity contribution >= 4 is 33.7 Å². The summed E-state index contributed by atoms with van der Waals surface area (Å²) in [6.07, 6.45) is 0. The molecule has 23 heavy (non-hydrogen) atoms. The molecule has 0 aliphatic carbocycles. The molecule has 0 saturated heterocycles. The van der Waals surface area contributed by atoms with E-state index in [9.17, 15) is 10.1 Å². The summed E-state index contributed by atoms with van der Waals surface area (Å²) in [5, 5.41) is 25.4. The predicted octanol–water partition coefficient (Wildman–Crippen LogP) is 3.51. The van der Waals surface area contributed by atoms with Gasteiger partial charge in [-0.2, -0.15) is 9.61 Å². The molecule has 2 aromatic heterocycles. The Labute approximate surface area is 134 Å². The molecule has 0 amide bonds. The fraction of sp³-hybridized carbons (Fsp3) is 0. The monoisotopic (exact) mass is 325 g/mol. The van der Waals surface area contributed by atoms with Gasteiger partial charge in [0.25, 0.3) is 5.69 Å². The van der Waals surface area contributed by atoms with Crippen LogP contribution in [0.1, 0.15) is 0 Å². The molecule has 8 heteroatoms. The summed E-state index contributed by atoms with van der Waals surface area (Å²) in [5.41, 5.74) is 1.26. The molecule has 0 saturated carbocycles. The van der Waals surface area contributed by atoms with Crippen LogP contribution >= 0.6 is 11.6 Å². The van der Waals surface area contributed by atoms with E-state index in [-0.39, 0.29) is 5.69 Å². The topological polar surface area (TPSA) is 86.2 Å². The fourth-order valence-corrected chi connectivity index (χ4v) is 2.69. The van der Waals surface area contributed by atoms with E-state index in [0.717, 1.165) is 10.8 Å². The number of non-ortho nitro benzene ring substituents is 1. The highest BCUT2D eigenvalue weighted by molar-refractivity contribution is 6.34.